The van der Waals surface area contributed by atoms with Gasteiger partial charge in [0.1, 0.15) is 0 Å². The molecule has 0 spiro atoms. The molecule has 2 aromatic rings. The molecule has 1 aromatic carbocycles. The highest BCUT2D eigenvalue weighted by Gasteiger charge is 2.34. The molecule has 1 aliphatic heterocycles. The number of nitrogens with zero attached hydrogens (tertiary/aromatic N) is 2. The number of ether oxygens (including phenoxy) is 1. The number of carbonyl (C=O) groups is 2. The molecule has 1 unspecified atom stereocenters. The summed E-state index contributed by atoms with van der Waals surface area (Å²) in [4.78, 5) is 31.5. The van der Waals surface area contributed by atoms with E-state index >= 15 is 0 Å². The fourth-order valence-corrected chi connectivity index (χ4v) is 4.99. The summed E-state index contributed by atoms with van der Waals surface area (Å²) in [7, 11) is 1.66. The third-order valence-corrected chi connectivity index (χ3v) is 6.53. The van der Waals surface area contributed by atoms with E-state index in [4.69, 9.17) is 4.74 Å². The van der Waals surface area contributed by atoms with Crippen LogP contribution in [0.2, 0.25) is 0 Å². The number of amides is 2. The lowest BCUT2D eigenvalue weighted by atomic mass is 9.91. The average molecular weight is 443 g/mol. The van der Waals surface area contributed by atoms with Gasteiger partial charge in [0.05, 0.1) is 12.6 Å². The zero-order valence-electron chi connectivity index (χ0n) is 19.1. The summed E-state index contributed by atoms with van der Waals surface area (Å²) in [5, 5.41) is 2.11. The highest BCUT2D eigenvalue weighted by Crippen LogP contribution is 2.37. The first-order valence-electron chi connectivity index (χ1n) is 11.0. The van der Waals surface area contributed by atoms with Crippen LogP contribution in [0.3, 0.4) is 0 Å². The van der Waals surface area contributed by atoms with Crippen molar-refractivity contribution in [3.63, 3.8) is 0 Å². The molecular weight excluding hydrogens is 408 g/mol. The van der Waals surface area contributed by atoms with Crippen molar-refractivity contribution in [3.8, 4) is 0 Å². The molecule has 2 heterocycles. The van der Waals surface area contributed by atoms with Crippen LogP contribution in [-0.2, 0) is 20.7 Å². The molecule has 1 atom stereocenters. The Hall–Kier alpha value is -2.18. The fraction of sp³-hybridized carbons (Fsp3) is 0.520. The summed E-state index contributed by atoms with van der Waals surface area (Å²) in [6.07, 6.45) is 2.00. The first kappa shape index (κ1) is 23.5. The third-order valence-electron chi connectivity index (χ3n) is 5.54. The van der Waals surface area contributed by atoms with E-state index in [0.29, 0.717) is 26.1 Å². The highest BCUT2D eigenvalue weighted by molar-refractivity contribution is 7.10. The van der Waals surface area contributed by atoms with Gasteiger partial charge in [0, 0.05) is 38.1 Å². The van der Waals surface area contributed by atoms with Gasteiger partial charge in [-0.1, -0.05) is 51.1 Å². The summed E-state index contributed by atoms with van der Waals surface area (Å²) < 4.78 is 5.17. The van der Waals surface area contributed by atoms with Crippen molar-refractivity contribution in [2.24, 2.45) is 5.41 Å². The second-order valence-electron chi connectivity index (χ2n) is 9.35. The molecular formula is C25H34N2O3S. The largest absolute Gasteiger partial charge is 0.385 e. The van der Waals surface area contributed by atoms with Gasteiger partial charge in [-0.25, -0.2) is 0 Å². The lowest BCUT2D eigenvalue weighted by Gasteiger charge is -2.38. The van der Waals surface area contributed by atoms with E-state index in [1.165, 1.54) is 10.4 Å². The third kappa shape index (κ3) is 6.17. The van der Waals surface area contributed by atoms with Crippen LogP contribution in [0.5, 0.6) is 0 Å². The molecule has 0 N–H and O–H groups in total. The van der Waals surface area contributed by atoms with Crippen LogP contribution in [0.4, 0.5) is 0 Å². The maximum Gasteiger partial charge on any atom is 0.242 e. The van der Waals surface area contributed by atoms with Crippen LogP contribution in [0.15, 0.2) is 41.8 Å². The maximum atomic E-state index is 13.5. The van der Waals surface area contributed by atoms with Crippen molar-refractivity contribution in [2.75, 3.05) is 33.4 Å². The summed E-state index contributed by atoms with van der Waals surface area (Å²) in [6, 6.07) is 12.2. The van der Waals surface area contributed by atoms with E-state index in [0.717, 1.165) is 18.4 Å². The SMILES string of the molecule is COCCCN(CC(=O)N1CCc2sccc2C1c1ccccc1)C(=O)CC(C)(C)C. The highest BCUT2D eigenvalue weighted by atomic mass is 32.1. The van der Waals surface area contributed by atoms with Gasteiger partial charge in [0.15, 0.2) is 0 Å². The van der Waals surface area contributed by atoms with Crippen molar-refractivity contribution < 1.29 is 14.3 Å². The normalized spacial score (nSPS) is 16.1. The van der Waals surface area contributed by atoms with Crippen molar-refractivity contribution in [3.05, 3.63) is 57.8 Å². The first-order valence-corrected chi connectivity index (χ1v) is 11.9. The molecule has 5 nitrogen and oxygen atoms in total. The van der Waals surface area contributed by atoms with Crippen LogP contribution >= 0.6 is 11.3 Å². The molecule has 3 rings (SSSR count). The second kappa shape index (κ2) is 10.4. The number of fused-ring (bicyclic) bond motifs is 1. The zero-order chi connectivity index (χ0) is 22.4. The maximum absolute atomic E-state index is 13.5. The van der Waals surface area contributed by atoms with Gasteiger partial charge >= 0.3 is 0 Å². The van der Waals surface area contributed by atoms with E-state index in [2.05, 4.69) is 23.6 Å². The molecule has 0 fully saturated rings. The molecule has 2 amide bonds. The molecule has 31 heavy (non-hydrogen) atoms. The zero-order valence-corrected chi connectivity index (χ0v) is 19.9. The van der Waals surface area contributed by atoms with E-state index in [-0.39, 0.29) is 29.8 Å². The predicted molar refractivity (Wildman–Crippen MR) is 125 cm³/mol. The van der Waals surface area contributed by atoms with Gasteiger partial charge in [-0.05, 0) is 40.8 Å². The Morgan fingerprint density at radius 1 is 1.19 bits per heavy atom. The standard InChI is InChI=1S/C25H34N2O3S/c1-25(2,3)17-22(28)26(13-8-15-30-4)18-23(29)27-14-11-21-20(12-16-31-21)24(27)19-9-6-5-7-10-19/h5-7,9-10,12,16,24H,8,11,13-15,17-18H2,1-4H3. The van der Waals surface area contributed by atoms with E-state index in [9.17, 15) is 9.59 Å². The van der Waals surface area contributed by atoms with Gasteiger partial charge in [0.25, 0.3) is 0 Å². The molecule has 0 saturated heterocycles. The predicted octanol–water partition coefficient (Wildman–Crippen LogP) is 4.52. The van der Waals surface area contributed by atoms with Crippen LogP contribution in [0, 0.1) is 5.41 Å². The van der Waals surface area contributed by atoms with Crippen LogP contribution in [0.25, 0.3) is 0 Å². The molecule has 168 valence electrons. The van der Waals surface area contributed by atoms with Crippen LogP contribution in [0.1, 0.15) is 55.7 Å². The topological polar surface area (TPSA) is 49.9 Å². The lowest BCUT2D eigenvalue weighted by molar-refractivity contribution is -0.142. The molecule has 0 bridgehead atoms. The van der Waals surface area contributed by atoms with Gasteiger partial charge in [-0.3, -0.25) is 9.59 Å². The number of hydrogen-bond acceptors (Lipinski definition) is 4. The van der Waals surface area contributed by atoms with Crippen molar-refractivity contribution in [1.82, 2.24) is 9.80 Å². The first-order chi connectivity index (χ1) is 14.8. The Labute approximate surface area is 190 Å². The lowest BCUT2D eigenvalue weighted by Crippen LogP contribution is -2.47. The van der Waals surface area contributed by atoms with E-state index < -0.39 is 0 Å². The minimum atomic E-state index is -0.122. The molecule has 0 aliphatic carbocycles. The Morgan fingerprint density at radius 2 is 1.94 bits per heavy atom. The van der Waals surface area contributed by atoms with Gasteiger partial charge < -0.3 is 14.5 Å². The monoisotopic (exact) mass is 442 g/mol. The van der Waals surface area contributed by atoms with Gasteiger partial charge in [-0.15, -0.1) is 11.3 Å². The van der Waals surface area contributed by atoms with Crippen LogP contribution in [-0.4, -0.2) is 55.0 Å². The van der Waals surface area contributed by atoms with E-state index in [1.54, 1.807) is 23.3 Å². The molecule has 1 aromatic heterocycles. The average Bonchev–Trinajstić information content (AvgIpc) is 3.20. The number of thiophene rings is 1. The Kier molecular flexibility index (Phi) is 7.89. The fourth-order valence-electron chi connectivity index (χ4n) is 4.09. The Balaban J connectivity index is 1.81. The summed E-state index contributed by atoms with van der Waals surface area (Å²) in [5.74, 6) is 0.0341. The number of methoxy groups -OCH3 is 1. The van der Waals surface area contributed by atoms with Gasteiger partial charge in [-0.2, -0.15) is 0 Å². The molecule has 0 saturated carbocycles. The number of carbonyl (C=O) groups excluding carboxylic acids is 2. The van der Waals surface area contributed by atoms with Crippen LogP contribution < -0.4 is 0 Å². The van der Waals surface area contributed by atoms with E-state index in [1.807, 2.05) is 43.9 Å². The Morgan fingerprint density at radius 3 is 2.61 bits per heavy atom. The number of rotatable bonds is 8. The van der Waals surface area contributed by atoms with Crippen molar-refractivity contribution in [2.45, 2.75) is 46.1 Å². The number of benzene rings is 1. The smallest absolute Gasteiger partial charge is 0.242 e. The Bertz CT molecular complexity index is 872. The van der Waals surface area contributed by atoms with Gasteiger partial charge in [0.2, 0.25) is 11.8 Å². The summed E-state index contributed by atoms with van der Waals surface area (Å²) in [6.45, 7) is 8.04. The van der Waals surface area contributed by atoms with Crippen molar-refractivity contribution in [1.29, 1.82) is 0 Å². The van der Waals surface area contributed by atoms with Crippen molar-refractivity contribution >= 4 is 23.2 Å². The number of hydrogen-bond donors (Lipinski definition) is 0. The summed E-state index contributed by atoms with van der Waals surface area (Å²) >= 11 is 1.76. The molecule has 1 aliphatic rings. The minimum absolute atomic E-state index is 0.00498. The molecule has 0 radical (unpaired) electrons. The minimum Gasteiger partial charge on any atom is -0.385 e. The second-order valence-corrected chi connectivity index (χ2v) is 10.3. The quantitative estimate of drug-likeness (QED) is 0.565. The molecule has 6 heteroatoms. The summed E-state index contributed by atoms with van der Waals surface area (Å²) in [5.41, 5.74) is 2.20.